The van der Waals surface area contributed by atoms with Gasteiger partial charge >= 0.3 is 5.97 Å². The highest BCUT2D eigenvalue weighted by molar-refractivity contribution is 7.17. The highest BCUT2D eigenvalue weighted by Gasteiger charge is 2.29. The van der Waals surface area contributed by atoms with Gasteiger partial charge in [0, 0.05) is 17.5 Å². The van der Waals surface area contributed by atoms with Crippen molar-refractivity contribution in [2.45, 2.75) is 50.4 Å². The second kappa shape index (κ2) is 6.59. The average molecular weight is 360 g/mol. The number of nitrogens with one attached hydrogen (secondary N) is 2. The molecule has 8 heteroatoms. The summed E-state index contributed by atoms with van der Waals surface area (Å²) in [4.78, 5) is 29.5. The molecule has 7 nitrogen and oxygen atoms in total. The number of amides is 1. The lowest BCUT2D eigenvalue weighted by Crippen LogP contribution is -2.12. The van der Waals surface area contributed by atoms with Crippen molar-refractivity contribution in [1.82, 2.24) is 15.2 Å². The molecule has 2 N–H and O–H groups in total. The van der Waals surface area contributed by atoms with Gasteiger partial charge in [-0.1, -0.05) is 24.2 Å². The van der Waals surface area contributed by atoms with Crippen LogP contribution in [0.2, 0.25) is 0 Å². The lowest BCUT2D eigenvalue weighted by molar-refractivity contribution is 0.0604. The number of carbonyl (C=O) groups excluding carboxylic acids is 2. The molecular formula is C17H20N4O3S. The first kappa shape index (κ1) is 16.3. The molecule has 0 saturated heterocycles. The zero-order chi connectivity index (χ0) is 17.4. The van der Waals surface area contributed by atoms with Crippen molar-refractivity contribution in [3.63, 3.8) is 0 Å². The van der Waals surface area contributed by atoms with E-state index >= 15 is 0 Å². The maximum absolute atomic E-state index is 12.4. The van der Waals surface area contributed by atoms with Gasteiger partial charge in [-0.05, 0) is 31.7 Å². The molecule has 0 atom stereocenters. The summed E-state index contributed by atoms with van der Waals surface area (Å²) in [5, 5.41) is 10.2. The largest absolute Gasteiger partial charge is 0.465 e. The van der Waals surface area contributed by atoms with Crippen LogP contribution in [0.5, 0.6) is 0 Å². The molecule has 0 unspecified atom stereocenters. The Morgan fingerprint density at radius 2 is 2.00 bits per heavy atom. The number of anilines is 1. The summed E-state index contributed by atoms with van der Waals surface area (Å²) >= 11 is 1.17. The number of hydrogen-bond donors (Lipinski definition) is 2. The topological polar surface area (TPSA) is 97.0 Å². The number of rotatable bonds is 5. The van der Waals surface area contributed by atoms with Crippen molar-refractivity contribution in [1.29, 1.82) is 0 Å². The van der Waals surface area contributed by atoms with Crippen LogP contribution in [0.25, 0.3) is 0 Å². The fourth-order valence-corrected chi connectivity index (χ4v) is 4.28. The minimum Gasteiger partial charge on any atom is -0.465 e. The quantitative estimate of drug-likeness (QED) is 0.796. The number of nitrogens with zero attached hydrogens (tertiary/aromatic N) is 2. The number of ether oxygens (including phenoxy) is 1. The number of hydrogen-bond acceptors (Lipinski definition) is 6. The zero-order valence-corrected chi connectivity index (χ0v) is 14.8. The van der Waals surface area contributed by atoms with Crippen molar-refractivity contribution in [3.05, 3.63) is 28.0 Å². The Labute approximate surface area is 149 Å². The fraction of sp³-hybridized carbons (Fsp3) is 0.529. The van der Waals surface area contributed by atoms with Gasteiger partial charge in [0.1, 0.15) is 4.88 Å². The van der Waals surface area contributed by atoms with E-state index in [0.29, 0.717) is 21.6 Å². The van der Waals surface area contributed by atoms with Crippen LogP contribution in [0.1, 0.15) is 81.9 Å². The van der Waals surface area contributed by atoms with Gasteiger partial charge < -0.3 is 4.74 Å². The van der Waals surface area contributed by atoms with Crippen LogP contribution in [-0.2, 0) is 4.74 Å². The van der Waals surface area contributed by atoms with E-state index in [0.717, 1.165) is 49.9 Å². The van der Waals surface area contributed by atoms with Crippen LogP contribution in [0.4, 0.5) is 5.13 Å². The molecule has 2 aromatic heterocycles. The smallest absolute Gasteiger partial charge is 0.350 e. The minimum atomic E-state index is -0.393. The third kappa shape index (κ3) is 3.30. The van der Waals surface area contributed by atoms with E-state index in [4.69, 9.17) is 4.74 Å². The van der Waals surface area contributed by atoms with E-state index in [2.05, 4.69) is 20.5 Å². The van der Waals surface area contributed by atoms with Crippen molar-refractivity contribution in [3.8, 4) is 0 Å². The number of carbonyl (C=O) groups is 2. The molecule has 0 aromatic carbocycles. The third-order valence-electron chi connectivity index (χ3n) is 4.83. The maximum atomic E-state index is 12.4. The van der Waals surface area contributed by atoms with Crippen LogP contribution >= 0.6 is 11.3 Å². The lowest BCUT2D eigenvalue weighted by Gasteiger charge is -2.06. The van der Waals surface area contributed by atoms with E-state index in [-0.39, 0.29) is 11.8 Å². The number of aromatic nitrogens is 3. The molecule has 2 aliphatic carbocycles. The molecule has 1 amide bonds. The number of methoxy groups -OCH3 is 1. The second-order valence-electron chi connectivity index (χ2n) is 6.64. The monoisotopic (exact) mass is 360 g/mol. The molecule has 2 aromatic rings. The van der Waals surface area contributed by atoms with Crippen LogP contribution in [-0.4, -0.2) is 34.2 Å². The average Bonchev–Trinajstić information content (AvgIpc) is 3.06. The van der Waals surface area contributed by atoms with Gasteiger partial charge in [-0.15, -0.1) is 0 Å². The normalized spacial score (nSPS) is 17.6. The van der Waals surface area contributed by atoms with E-state index < -0.39 is 5.97 Å². The molecule has 0 spiro atoms. The van der Waals surface area contributed by atoms with Crippen molar-refractivity contribution in [2.75, 3.05) is 12.4 Å². The Balaban J connectivity index is 1.54. The minimum absolute atomic E-state index is 0.267. The Bertz CT molecular complexity index is 803. The van der Waals surface area contributed by atoms with Crippen molar-refractivity contribution in [2.24, 2.45) is 0 Å². The van der Waals surface area contributed by atoms with Crippen LogP contribution in [0.15, 0.2) is 6.07 Å². The van der Waals surface area contributed by atoms with Gasteiger partial charge in [-0.25, -0.2) is 9.78 Å². The number of thiazole rings is 1. The molecule has 2 aliphatic rings. The summed E-state index contributed by atoms with van der Waals surface area (Å²) in [7, 11) is 1.36. The molecular weight excluding hydrogens is 340 g/mol. The van der Waals surface area contributed by atoms with Gasteiger partial charge in [0.2, 0.25) is 0 Å². The molecule has 2 fully saturated rings. The predicted molar refractivity (Wildman–Crippen MR) is 93.2 cm³/mol. The summed E-state index contributed by atoms with van der Waals surface area (Å²) in [5.74, 6) is 0.0682. The van der Waals surface area contributed by atoms with Gasteiger partial charge in [-0.3, -0.25) is 15.2 Å². The van der Waals surface area contributed by atoms with Crippen LogP contribution in [0, 0.1) is 0 Å². The highest BCUT2D eigenvalue weighted by atomic mass is 32.1. The fourth-order valence-electron chi connectivity index (χ4n) is 3.32. The molecule has 2 saturated carbocycles. The highest BCUT2D eigenvalue weighted by Crippen LogP contribution is 2.40. The van der Waals surface area contributed by atoms with E-state index in [1.54, 1.807) is 6.07 Å². The molecule has 0 radical (unpaired) electrons. The summed E-state index contributed by atoms with van der Waals surface area (Å²) in [6.45, 7) is 0. The predicted octanol–water partition coefficient (Wildman–Crippen LogP) is 3.44. The van der Waals surface area contributed by atoms with Crippen molar-refractivity contribution < 1.29 is 14.3 Å². The summed E-state index contributed by atoms with van der Waals surface area (Å²) in [6, 6.07) is 1.79. The first-order valence-electron chi connectivity index (χ1n) is 8.61. The van der Waals surface area contributed by atoms with Gasteiger partial charge in [0.05, 0.1) is 12.8 Å². The number of esters is 1. The van der Waals surface area contributed by atoms with Gasteiger partial charge in [0.15, 0.2) is 10.8 Å². The first-order valence-corrected chi connectivity index (χ1v) is 9.43. The zero-order valence-electron chi connectivity index (χ0n) is 14.0. The van der Waals surface area contributed by atoms with Gasteiger partial charge in [-0.2, -0.15) is 5.10 Å². The summed E-state index contributed by atoms with van der Waals surface area (Å²) in [5.41, 5.74) is 2.11. The molecule has 0 bridgehead atoms. The molecule has 0 aliphatic heterocycles. The molecule has 4 rings (SSSR count). The Morgan fingerprint density at radius 1 is 1.24 bits per heavy atom. The molecule has 132 valence electrons. The Morgan fingerprint density at radius 3 is 2.68 bits per heavy atom. The van der Waals surface area contributed by atoms with Crippen molar-refractivity contribution >= 4 is 28.3 Å². The summed E-state index contributed by atoms with van der Waals surface area (Å²) < 4.78 is 4.88. The van der Waals surface area contributed by atoms with Crippen LogP contribution in [0.3, 0.4) is 0 Å². The number of H-pyrrole nitrogens is 1. The Kier molecular flexibility index (Phi) is 4.29. The standard InChI is InChI=1S/C17H20N4O3S/c1-24-16(23)14-13(10-4-2-3-5-10)18-17(25-14)19-15(22)12-8-11(20-21-12)9-6-7-9/h8-10H,2-7H2,1H3,(H,20,21)(H,18,19,22). The summed E-state index contributed by atoms with van der Waals surface area (Å²) in [6.07, 6.45) is 6.60. The second-order valence-corrected chi connectivity index (χ2v) is 7.64. The first-order chi connectivity index (χ1) is 12.2. The lowest BCUT2D eigenvalue weighted by atomic mass is 10.0. The SMILES string of the molecule is COC(=O)c1sc(NC(=O)c2cc(C3CC3)[nH]n2)nc1C1CCCC1. The molecule has 2 heterocycles. The van der Waals surface area contributed by atoms with Gasteiger partial charge in [0.25, 0.3) is 5.91 Å². The van der Waals surface area contributed by atoms with Crippen LogP contribution < -0.4 is 5.32 Å². The number of aromatic amines is 1. The Hall–Kier alpha value is -2.22. The van der Waals surface area contributed by atoms with E-state index in [1.807, 2.05) is 0 Å². The van der Waals surface area contributed by atoms with E-state index in [9.17, 15) is 9.59 Å². The van der Waals surface area contributed by atoms with E-state index in [1.165, 1.54) is 18.4 Å². The maximum Gasteiger partial charge on any atom is 0.350 e. The molecule has 25 heavy (non-hydrogen) atoms. The third-order valence-corrected chi connectivity index (χ3v) is 5.80.